The van der Waals surface area contributed by atoms with Crippen LogP contribution in [0, 0.1) is 0 Å². The normalized spacial score (nSPS) is 15.8. The number of hydrogen-bond acceptors (Lipinski definition) is 8. The van der Waals surface area contributed by atoms with Crippen molar-refractivity contribution in [3.63, 3.8) is 0 Å². The SMILES string of the molecule is CC(O)CN1CCN(c2cccc(Nc3ncc4ccc(-c5ccc(S(C)(=O)=O)cc5)n4n3)c2)CC1. The molecule has 3 heterocycles. The van der Waals surface area contributed by atoms with Crippen molar-refractivity contribution < 1.29 is 13.5 Å². The second kappa shape index (κ2) is 9.88. The Labute approximate surface area is 210 Å². The monoisotopic (exact) mass is 506 g/mol. The van der Waals surface area contributed by atoms with Gasteiger partial charge in [-0.15, -0.1) is 5.10 Å². The summed E-state index contributed by atoms with van der Waals surface area (Å²) in [5, 5.41) is 17.6. The molecule has 2 aromatic heterocycles. The van der Waals surface area contributed by atoms with E-state index in [9.17, 15) is 13.5 Å². The van der Waals surface area contributed by atoms with Crippen LogP contribution in [0.4, 0.5) is 17.3 Å². The van der Waals surface area contributed by atoms with Crippen LogP contribution >= 0.6 is 0 Å². The Kier molecular flexibility index (Phi) is 6.65. The number of sulfone groups is 1. The van der Waals surface area contributed by atoms with Crippen molar-refractivity contribution in [3.8, 4) is 11.3 Å². The minimum atomic E-state index is -3.25. The first kappa shape index (κ1) is 24.2. The molecule has 0 spiro atoms. The van der Waals surface area contributed by atoms with Crippen molar-refractivity contribution in [2.75, 3.05) is 49.2 Å². The Morgan fingerprint density at radius 1 is 1.03 bits per heavy atom. The molecule has 0 bridgehead atoms. The zero-order chi connectivity index (χ0) is 25.3. The Bertz CT molecular complexity index is 1460. The molecule has 1 aliphatic rings. The van der Waals surface area contributed by atoms with Gasteiger partial charge in [-0.25, -0.2) is 17.9 Å². The minimum absolute atomic E-state index is 0.286. The number of aromatic nitrogens is 3. The molecule has 4 aromatic rings. The molecular formula is C26H30N6O3S. The van der Waals surface area contributed by atoms with Crippen molar-refractivity contribution in [2.45, 2.75) is 17.9 Å². The molecule has 1 fully saturated rings. The van der Waals surface area contributed by atoms with Crippen molar-refractivity contribution >= 4 is 32.7 Å². The summed E-state index contributed by atoms with van der Waals surface area (Å²) in [7, 11) is -3.25. The number of rotatable bonds is 7. The maximum atomic E-state index is 11.8. The number of piperazine rings is 1. The van der Waals surface area contributed by atoms with E-state index in [4.69, 9.17) is 0 Å². The van der Waals surface area contributed by atoms with E-state index in [1.54, 1.807) is 35.0 Å². The molecule has 188 valence electrons. The predicted molar refractivity (Wildman–Crippen MR) is 142 cm³/mol. The molecule has 5 rings (SSSR count). The zero-order valence-corrected chi connectivity index (χ0v) is 21.2. The summed E-state index contributed by atoms with van der Waals surface area (Å²) < 4.78 is 25.4. The molecular weight excluding hydrogens is 476 g/mol. The lowest BCUT2D eigenvalue weighted by atomic mass is 10.2. The maximum absolute atomic E-state index is 11.8. The summed E-state index contributed by atoms with van der Waals surface area (Å²) in [6, 6.07) is 18.9. The zero-order valence-electron chi connectivity index (χ0n) is 20.4. The molecule has 2 aromatic carbocycles. The Morgan fingerprint density at radius 3 is 2.47 bits per heavy atom. The average Bonchev–Trinajstić information content (AvgIpc) is 3.27. The van der Waals surface area contributed by atoms with Crippen LogP contribution in [0.1, 0.15) is 6.92 Å². The third-order valence-corrected chi connectivity index (χ3v) is 7.47. The highest BCUT2D eigenvalue weighted by Crippen LogP contribution is 2.26. The number of β-amino-alcohol motifs (C(OH)–C–C–N with tert-alkyl or cyclic N) is 1. The van der Waals surface area contributed by atoms with Crippen LogP contribution in [-0.2, 0) is 9.84 Å². The molecule has 1 unspecified atom stereocenters. The maximum Gasteiger partial charge on any atom is 0.245 e. The van der Waals surface area contributed by atoms with Crippen LogP contribution in [0.3, 0.4) is 0 Å². The first-order chi connectivity index (χ1) is 17.3. The third-order valence-electron chi connectivity index (χ3n) is 6.34. The van der Waals surface area contributed by atoms with Crippen molar-refractivity contribution in [3.05, 3.63) is 66.9 Å². The van der Waals surface area contributed by atoms with Gasteiger partial charge in [0.2, 0.25) is 5.95 Å². The van der Waals surface area contributed by atoms with E-state index in [0.29, 0.717) is 12.5 Å². The third kappa shape index (κ3) is 5.35. The van der Waals surface area contributed by atoms with Gasteiger partial charge in [-0.05, 0) is 49.4 Å². The topological polar surface area (TPSA) is 103 Å². The fourth-order valence-electron chi connectivity index (χ4n) is 4.52. The van der Waals surface area contributed by atoms with E-state index in [-0.39, 0.29) is 11.0 Å². The Balaban J connectivity index is 1.34. The van der Waals surface area contributed by atoms with Crippen LogP contribution in [-0.4, -0.2) is 78.1 Å². The van der Waals surface area contributed by atoms with E-state index >= 15 is 0 Å². The molecule has 9 nitrogen and oxygen atoms in total. The Hall–Kier alpha value is -3.47. The number of fused-ring (bicyclic) bond motifs is 1. The lowest BCUT2D eigenvalue weighted by Gasteiger charge is -2.36. The van der Waals surface area contributed by atoms with Crippen LogP contribution in [0.2, 0.25) is 0 Å². The molecule has 1 saturated heterocycles. The molecule has 36 heavy (non-hydrogen) atoms. The highest BCUT2D eigenvalue weighted by Gasteiger charge is 2.18. The molecule has 0 saturated carbocycles. The van der Waals surface area contributed by atoms with Gasteiger partial charge < -0.3 is 15.3 Å². The summed E-state index contributed by atoms with van der Waals surface area (Å²) in [4.78, 5) is 9.39. The number of hydrogen-bond donors (Lipinski definition) is 2. The second-order valence-electron chi connectivity index (χ2n) is 9.25. The first-order valence-corrected chi connectivity index (χ1v) is 13.8. The molecule has 2 N–H and O–H groups in total. The molecule has 10 heteroatoms. The fourth-order valence-corrected chi connectivity index (χ4v) is 5.15. The van der Waals surface area contributed by atoms with Gasteiger partial charge in [0.25, 0.3) is 0 Å². The van der Waals surface area contributed by atoms with E-state index in [1.807, 2.05) is 31.2 Å². The summed E-state index contributed by atoms with van der Waals surface area (Å²) >= 11 is 0. The van der Waals surface area contributed by atoms with Gasteiger partial charge in [-0.3, -0.25) is 4.90 Å². The number of benzene rings is 2. The van der Waals surface area contributed by atoms with Crippen LogP contribution in [0.5, 0.6) is 0 Å². The quantitative estimate of drug-likeness (QED) is 0.394. The van der Waals surface area contributed by atoms with E-state index in [1.165, 1.54) is 6.26 Å². The van der Waals surface area contributed by atoms with Crippen molar-refractivity contribution in [2.24, 2.45) is 0 Å². The van der Waals surface area contributed by atoms with Gasteiger partial charge in [0.15, 0.2) is 9.84 Å². The Morgan fingerprint density at radius 2 is 1.78 bits per heavy atom. The lowest BCUT2D eigenvalue weighted by molar-refractivity contribution is 0.123. The second-order valence-corrected chi connectivity index (χ2v) is 11.3. The predicted octanol–water partition coefficient (Wildman–Crippen LogP) is 3.05. The minimum Gasteiger partial charge on any atom is -0.392 e. The number of nitrogens with one attached hydrogen (secondary N) is 1. The average molecular weight is 507 g/mol. The molecule has 0 amide bonds. The van der Waals surface area contributed by atoms with E-state index in [0.717, 1.165) is 54.3 Å². The number of aliphatic hydroxyl groups is 1. The van der Waals surface area contributed by atoms with Crippen LogP contribution in [0.15, 0.2) is 71.8 Å². The number of anilines is 3. The van der Waals surface area contributed by atoms with Gasteiger partial charge in [-0.2, -0.15) is 0 Å². The van der Waals surface area contributed by atoms with Gasteiger partial charge in [0.1, 0.15) is 0 Å². The number of aliphatic hydroxyl groups excluding tert-OH is 1. The van der Waals surface area contributed by atoms with Crippen molar-refractivity contribution in [1.82, 2.24) is 19.5 Å². The van der Waals surface area contributed by atoms with Crippen LogP contribution in [0.25, 0.3) is 16.8 Å². The van der Waals surface area contributed by atoms with Gasteiger partial charge in [-0.1, -0.05) is 18.2 Å². The highest BCUT2D eigenvalue weighted by molar-refractivity contribution is 7.90. The largest absolute Gasteiger partial charge is 0.392 e. The van der Waals surface area contributed by atoms with Gasteiger partial charge in [0.05, 0.1) is 28.4 Å². The van der Waals surface area contributed by atoms with Crippen LogP contribution < -0.4 is 10.2 Å². The summed E-state index contributed by atoms with van der Waals surface area (Å²) in [6.45, 7) is 6.19. The highest BCUT2D eigenvalue weighted by atomic mass is 32.2. The van der Waals surface area contributed by atoms with Gasteiger partial charge in [0, 0.05) is 55.9 Å². The lowest BCUT2D eigenvalue weighted by Crippen LogP contribution is -2.48. The van der Waals surface area contributed by atoms with Crippen molar-refractivity contribution in [1.29, 1.82) is 0 Å². The van der Waals surface area contributed by atoms with Gasteiger partial charge >= 0.3 is 0 Å². The van der Waals surface area contributed by atoms with E-state index in [2.05, 4.69) is 37.3 Å². The fraction of sp³-hybridized carbons (Fsp3) is 0.308. The standard InChI is InChI=1S/C26H30N6O3S/c1-19(33)18-30-12-14-31(15-13-30)22-5-3-4-21(16-22)28-26-27-17-23-8-11-25(32(23)29-26)20-6-9-24(10-7-20)36(2,34)35/h3-11,16-17,19,33H,12-15,18H2,1-2H3,(H,28,29). The number of nitrogens with zero attached hydrogens (tertiary/aromatic N) is 5. The van der Waals surface area contributed by atoms with E-state index < -0.39 is 9.84 Å². The summed E-state index contributed by atoms with van der Waals surface area (Å²) in [6.07, 6.45) is 2.65. The molecule has 0 aliphatic carbocycles. The first-order valence-electron chi connectivity index (χ1n) is 11.9. The molecule has 0 radical (unpaired) electrons. The summed E-state index contributed by atoms with van der Waals surface area (Å²) in [5.74, 6) is 0.464. The smallest absolute Gasteiger partial charge is 0.245 e. The molecule has 1 aliphatic heterocycles. The molecule has 1 atom stereocenters. The summed E-state index contributed by atoms with van der Waals surface area (Å²) in [5.41, 5.74) is 4.57.